The molecule has 554 valence electrons. The van der Waals surface area contributed by atoms with E-state index in [1.165, 1.54) is 357 Å². The maximum atomic E-state index is 20.1. The zero-order valence-corrected chi connectivity index (χ0v) is 68.3. The van der Waals surface area contributed by atoms with Crippen LogP contribution < -0.4 is 0 Å². The molecule has 0 atom stereocenters. The van der Waals surface area contributed by atoms with Crippen LogP contribution in [0.1, 0.15) is 461 Å². The maximum absolute atomic E-state index is 20.1. The highest BCUT2D eigenvalue weighted by Gasteiger charge is 2.55. The monoisotopic (exact) mass is 1510 g/mol. The molecule has 4 nitrogen and oxygen atoms in total. The molecule has 2 aliphatic carbocycles. The minimum absolute atomic E-state index is 0.199. The van der Waals surface area contributed by atoms with Crippen molar-refractivity contribution in [2.75, 3.05) is 0 Å². The molecule has 0 N–H and O–H groups in total. The molecule has 2 heterocycles. The largest absolute Gasteiger partial charge is 0.206 e. The van der Waals surface area contributed by atoms with Crippen LogP contribution in [0.15, 0.2) is 21.1 Å². The summed E-state index contributed by atoms with van der Waals surface area (Å²) >= 11 is 10.5. The van der Waals surface area contributed by atoms with Gasteiger partial charge in [-0.25, -0.2) is 8.78 Å². The lowest BCUT2D eigenvalue weighted by atomic mass is 9.68. The Balaban J connectivity index is 1.16. The van der Waals surface area contributed by atoms with Crippen LogP contribution in [0.4, 0.5) is 8.78 Å². The van der Waals surface area contributed by atoms with Crippen LogP contribution >= 0.6 is 55.3 Å². The van der Waals surface area contributed by atoms with E-state index in [0.717, 1.165) is 130 Å². The van der Waals surface area contributed by atoms with Crippen molar-refractivity contribution in [2.45, 2.75) is 449 Å². The van der Waals surface area contributed by atoms with Gasteiger partial charge in [0.2, 0.25) is 0 Å². The van der Waals surface area contributed by atoms with Gasteiger partial charge in [0.25, 0.3) is 0 Å². The summed E-state index contributed by atoms with van der Waals surface area (Å²) in [4.78, 5) is 0. The molecule has 0 unspecified atom stereocenters. The minimum atomic E-state index is -0.721. The molecule has 0 saturated carbocycles. The van der Waals surface area contributed by atoms with E-state index < -0.39 is 10.8 Å². The molecule has 0 aliphatic heterocycles. The average molecular weight is 1520 g/mol. The normalized spacial score (nSPS) is 13.6. The summed E-state index contributed by atoms with van der Waals surface area (Å²) in [5.41, 5.74) is 7.53. The third-order valence-electron chi connectivity index (χ3n) is 23.7. The molecule has 0 amide bonds. The van der Waals surface area contributed by atoms with Gasteiger partial charge in [0.15, 0.2) is 0 Å². The Morgan fingerprint density at radius 3 is 0.622 bits per heavy atom. The fourth-order valence-corrected chi connectivity index (χ4v) is 20.3. The van der Waals surface area contributed by atoms with E-state index in [2.05, 4.69) is 71.7 Å². The van der Waals surface area contributed by atoms with Gasteiger partial charge in [0.05, 0.1) is 23.5 Å². The summed E-state index contributed by atoms with van der Waals surface area (Å²) in [6.07, 6.45) is 81.1. The first-order valence-corrected chi connectivity index (χ1v) is 45.8. The van der Waals surface area contributed by atoms with Gasteiger partial charge in [-0.2, -0.15) is 17.5 Å². The lowest BCUT2D eigenvalue weighted by molar-refractivity contribution is 0.374. The number of benzene rings is 3. The standard InChI is InChI=1S/C88H142Br2F2N4S2/c1-5-9-13-17-21-25-29-33-37-41-45-49-53-57-61-65-87(66-62-58-54-50-46-42-38-34-30-26-22-18-14-10-6-2)71-69-73(89)83-85(95-97-93-83)75(71)77-79(87)81(91)78-76-72(70-74(90)84-86(76)96-98-94-84)88(80(78)82(77)92,67-63-59-55-51-47-43-39-35-31-27-23-19-15-11-7-3)68-64-60-56-52-48-44-40-36-32-28-24-20-16-12-8-4/h69-70H,5-68H2,1-4H3. The van der Waals surface area contributed by atoms with Crippen LogP contribution in [0, 0.1) is 11.6 Å². The molecular formula is C88H142Br2F2N4S2. The average Bonchev–Trinajstić information content (AvgIpc) is 1.50. The van der Waals surface area contributed by atoms with Crippen LogP contribution in [-0.2, 0) is 10.8 Å². The Morgan fingerprint density at radius 2 is 0.429 bits per heavy atom. The van der Waals surface area contributed by atoms with Crippen molar-refractivity contribution in [1.82, 2.24) is 17.5 Å². The molecular weight excluding hydrogens is 1370 g/mol. The Bertz CT molecular complexity index is 2650. The molecule has 10 heteroatoms. The number of halogens is 4. The second-order valence-corrected chi connectivity index (χ2v) is 34.3. The van der Waals surface area contributed by atoms with Crippen molar-refractivity contribution in [3.63, 3.8) is 0 Å². The zero-order chi connectivity index (χ0) is 69.1. The number of fused-ring (bicyclic) bond motifs is 10. The molecule has 0 saturated heterocycles. The molecule has 3 aromatic carbocycles. The first kappa shape index (κ1) is 83.4. The zero-order valence-electron chi connectivity index (χ0n) is 63.5. The van der Waals surface area contributed by atoms with E-state index in [0.29, 0.717) is 22.3 Å². The molecule has 2 aromatic heterocycles. The van der Waals surface area contributed by atoms with Crippen molar-refractivity contribution in [3.8, 4) is 22.3 Å². The van der Waals surface area contributed by atoms with Crippen LogP contribution in [0.3, 0.4) is 0 Å². The molecule has 0 radical (unpaired) electrons. The molecule has 0 spiro atoms. The van der Waals surface area contributed by atoms with E-state index in [-0.39, 0.29) is 11.6 Å². The Labute approximate surface area is 625 Å². The topological polar surface area (TPSA) is 51.6 Å². The number of nitrogens with zero attached hydrogens (tertiary/aromatic N) is 4. The lowest BCUT2D eigenvalue weighted by Crippen LogP contribution is -2.29. The third-order valence-corrected chi connectivity index (χ3v) is 25.9. The number of hydrogen-bond donors (Lipinski definition) is 0. The number of rotatable bonds is 64. The predicted octanol–water partition coefficient (Wildman–Crippen LogP) is 33.1. The van der Waals surface area contributed by atoms with Gasteiger partial charge in [-0.05, 0) is 80.8 Å². The Hall–Kier alpha value is -1.88. The highest BCUT2D eigenvalue weighted by atomic mass is 79.9. The number of unbranched alkanes of at least 4 members (excludes halogenated alkanes) is 56. The minimum Gasteiger partial charge on any atom is -0.206 e. The van der Waals surface area contributed by atoms with Gasteiger partial charge in [-0.3, -0.25) is 0 Å². The van der Waals surface area contributed by atoms with Crippen molar-refractivity contribution in [2.24, 2.45) is 0 Å². The highest BCUT2D eigenvalue weighted by Crippen LogP contribution is 2.65. The second-order valence-electron chi connectivity index (χ2n) is 31.6. The van der Waals surface area contributed by atoms with Gasteiger partial charge in [0, 0.05) is 53.2 Å². The third kappa shape index (κ3) is 25.7. The quantitative estimate of drug-likeness (QED) is 0.0364. The van der Waals surface area contributed by atoms with Gasteiger partial charge in [-0.1, -0.05) is 413 Å². The van der Waals surface area contributed by atoms with Crippen molar-refractivity contribution in [3.05, 3.63) is 55.0 Å². The van der Waals surface area contributed by atoms with Crippen LogP contribution in [-0.4, -0.2) is 17.5 Å². The van der Waals surface area contributed by atoms with Crippen LogP contribution in [0.2, 0.25) is 0 Å². The molecule has 0 fully saturated rings. The van der Waals surface area contributed by atoms with E-state index in [9.17, 15) is 0 Å². The highest BCUT2D eigenvalue weighted by molar-refractivity contribution is 9.11. The molecule has 2 aliphatic rings. The Kier molecular flexibility index (Phi) is 42.4. The summed E-state index contributed by atoms with van der Waals surface area (Å²) in [6, 6.07) is 4.51. The second kappa shape index (κ2) is 49.8. The van der Waals surface area contributed by atoms with Crippen molar-refractivity contribution < 1.29 is 8.78 Å². The summed E-state index contributed by atoms with van der Waals surface area (Å²) < 4.78 is 61.9. The van der Waals surface area contributed by atoms with E-state index in [1.807, 2.05) is 0 Å². The van der Waals surface area contributed by atoms with Gasteiger partial charge in [-0.15, -0.1) is 0 Å². The Morgan fingerprint density at radius 1 is 0.255 bits per heavy atom. The van der Waals surface area contributed by atoms with Gasteiger partial charge < -0.3 is 0 Å². The SMILES string of the molecule is CCCCCCCCCCCCCCCCCC1(CCCCCCCCCCCCCCCCC)c2cc(Br)c3nsnc3c2-c2c(F)c3c(c(F)c21)-c1c(cc(Br)c2nsnc12)C3(CCCCCCCCCCCCCCCCC)CCCCCCCCCCCCCCCCC. The molecule has 0 bridgehead atoms. The predicted molar refractivity (Wildman–Crippen MR) is 434 cm³/mol. The molecule has 5 aromatic rings. The first-order chi connectivity index (χ1) is 48.3. The van der Waals surface area contributed by atoms with Crippen molar-refractivity contribution in [1.29, 1.82) is 0 Å². The van der Waals surface area contributed by atoms with E-state index >= 15 is 8.78 Å². The summed E-state index contributed by atoms with van der Waals surface area (Å²) in [5, 5.41) is 0. The summed E-state index contributed by atoms with van der Waals surface area (Å²) in [6.45, 7) is 9.22. The summed E-state index contributed by atoms with van der Waals surface area (Å²) in [7, 11) is 0. The van der Waals surface area contributed by atoms with Gasteiger partial charge in [0.1, 0.15) is 33.7 Å². The first-order valence-electron chi connectivity index (χ1n) is 42.8. The maximum Gasteiger partial charge on any atom is 0.136 e. The fraction of sp³-hybridized carbons (Fsp3) is 0.795. The smallest absolute Gasteiger partial charge is 0.136 e. The lowest BCUT2D eigenvalue weighted by Gasteiger charge is -2.35. The summed E-state index contributed by atoms with van der Waals surface area (Å²) in [5.74, 6) is -0.399. The van der Waals surface area contributed by atoms with Crippen LogP contribution in [0.25, 0.3) is 44.3 Å². The van der Waals surface area contributed by atoms with E-state index in [1.54, 1.807) is 0 Å². The molecule has 7 rings (SSSR count). The number of hydrogen-bond acceptors (Lipinski definition) is 6. The molecule has 98 heavy (non-hydrogen) atoms. The van der Waals surface area contributed by atoms with Gasteiger partial charge >= 0.3 is 0 Å². The fourth-order valence-electron chi connectivity index (χ4n) is 17.9. The van der Waals surface area contributed by atoms with Crippen molar-refractivity contribution >= 4 is 77.4 Å². The van der Waals surface area contributed by atoms with E-state index in [4.69, 9.17) is 17.5 Å². The van der Waals surface area contributed by atoms with Crippen LogP contribution in [0.5, 0.6) is 0 Å². The number of aromatic nitrogens is 4.